The zero-order valence-electron chi connectivity index (χ0n) is 11.4. The highest BCUT2D eigenvalue weighted by Crippen LogP contribution is 2.44. The minimum Gasteiger partial charge on any atom is -0.331 e. The third-order valence-electron chi connectivity index (χ3n) is 4.44. The third-order valence-corrected chi connectivity index (χ3v) is 4.44. The van der Waals surface area contributed by atoms with Crippen LogP contribution in [0.25, 0.3) is 0 Å². The second-order valence-corrected chi connectivity index (χ2v) is 6.02. The first-order valence-electron chi connectivity index (χ1n) is 7.20. The molecule has 1 saturated carbocycles. The molecule has 2 aliphatic rings. The van der Waals surface area contributed by atoms with Gasteiger partial charge in [-0.25, -0.2) is 4.98 Å². The molecule has 2 atom stereocenters. The molecule has 4 nitrogen and oxygen atoms in total. The molecule has 18 heavy (non-hydrogen) atoms. The lowest BCUT2D eigenvalue weighted by atomic mass is 9.97. The van der Waals surface area contributed by atoms with Crippen molar-refractivity contribution in [2.75, 3.05) is 13.1 Å². The molecule has 1 aromatic rings. The van der Waals surface area contributed by atoms with E-state index in [9.17, 15) is 0 Å². The summed E-state index contributed by atoms with van der Waals surface area (Å²) in [5, 5.41) is 0. The van der Waals surface area contributed by atoms with E-state index in [4.69, 9.17) is 5.73 Å². The van der Waals surface area contributed by atoms with Gasteiger partial charge >= 0.3 is 0 Å². The van der Waals surface area contributed by atoms with Crippen LogP contribution in [0.1, 0.15) is 50.9 Å². The second kappa shape index (κ2) is 4.67. The normalized spacial score (nSPS) is 29.3. The molecule has 2 N–H and O–H groups in total. The molecule has 2 fully saturated rings. The van der Waals surface area contributed by atoms with E-state index >= 15 is 0 Å². The smallest absolute Gasteiger partial charge is 0.0951 e. The Kier molecular flexibility index (Phi) is 3.16. The fourth-order valence-electron chi connectivity index (χ4n) is 3.33. The van der Waals surface area contributed by atoms with Crippen LogP contribution in [-0.4, -0.2) is 33.6 Å². The van der Waals surface area contributed by atoms with Gasteiger partial charge in [-0.3, -0.25) is 4.90 Å². The molecule has 1 aromatic heterocycles. The zero-order chi connectivity index (χ0) is 12.7. The molecule has 100 valence electrons. The van der Waals surface area contributed by atoms with E-state index in [2.05, 4.69) is 28.3 Å². The van der Waals surface area contributed by atoms with Crippen LogP contribution in [0, 0.1) is 5.92 Å². The molecule has 2 heterocycles. The first kappa shape index (κ1) is 12.2. The van der Waals surface area contributed by atoms with E-state index in [0.717, 1.165) is 12.6 Å². The van der Waals surface area contributed by atoms with E-state index in [0.29, 0.717) is 18.0 Å². The van der Waals surface area contributed by atoms with Crippen molar-refractivity contribution in [1.29, 1.82) is 0 Å². The van der Waals surface area contributed by atoms with Gasteiger partial charge in [0.25, 0.3) is 0 Å². The van der Waals surface area contributed by atoms with E-state index in [1.54, 1.807) is 0 Å². The maximum absolute atomic E-state index is 5.98. The van der Waals surface area contributed by atoms with Crippen LogP contribution in [0.3, 0.4) is 0 Å². The lowest BCUT2D eigenvalue weighted by Crippen LogP contribution is -2.31. The van der Waals surface area contributed by atoms with Crippen molar-refractivity contribution >= 4 is 0 Å². The number of nitrogens with zero attached hydrogens (tertiary/aromatic N) is 3. The Morgan fingerprint density at radius 3 is 2.78 bits per heavy atom. The minimum atomic E-state index is 0.475. The van der Waals surface area contributed by atoms with Crippen molar-refractivity contribution in [3.05, 3.63) is 18.2 Å². The number of rotatable bonds is 4. The first-order chi connectivity index (χ1) is 8.72. The van der Waals surface area contributed by atoms with Gasteiger partial charge in [-0.1, -0.05) is 0 Å². The summed E-state index contributed by atoms with van der Waals surface area (Å²) in [5.74, 6) is 0.597. The maximum Gasteiger partial charge on any atom is 0.0951 e. The van der Waals surface area contributed by atoms with Crippen LogP contribution in [0.15, 0.2) is 12.5 Å². The molecule has 0 spiro atoms. The largest absolute Gasteiger partial charge is 0.331 e. The summed E-state index contributed by atoms with van der Waals surface area (Å²) in [6, 6.07) is 1.78. The Bertz CT molecular complexity index is 408. The number of nitrogens with two attached hydrogens (primary N) is 1. The maximum atomic E-state index is 5.98. The van der Waals surface area contributed by atoms with Gasteiger partial charge in [0, 0.05) is 18.3 Å². The molecule has 1 aliphatic heterocycles. The zero-order valence-corrected chi connectivity index (χ0v) is 11.4. The number of hydrogen-bond donors (Lipinski definition) is 1. The Labute approximate surface area is 109 Å². The molecule has 2 unspecified atom stereocenters. The van der Waals surface area contributed by atoms with Crippen LogP contribution in [0.5, 0.6) is 0 Å². The van der Waals surface area contributed by atoms with Gasteiger partial charge < -0.3 is 10.3 Å². The standard InChI is InChI=1S/C14H24N4/c1-10(2)18-9-16-8-13(18)14-11(7-15)5-6-17(14)12-3-4-12/h8-12,14H,3-7,15H2,1-2H3. The highest BCUT2D eigenvalue weighted by atomic mass is 15.3. The van der Waals surface area contributed by atoms with E-state index in [1.807, 2.05) is 12.5 Å². The predicted octanol–water partition coefficient (Wildman–Crippen LogP) is 1.95. The Morgan fingerprint density at radius 2 is 2.17 bits per heavy atom. The lowest BCUT2D eigenvalue weighted by Gasteiger charge is -2.29. The van der Waals surface area contributed by atoms with E-state index in [-0.39, 0.29) is 0 Å². The highest BCUT2D eigenvalue weighted by molar-refractivity contribution is 5.13. The van der Waals surface area contributed by atoms with Gasteiger partial charge in [0.2, 0.25) is 0 Å². The molecular formula is C14H24N4. The molecule has 0 radical (unpaired) electrons. The molecule has 4 heteroatoms. The van der Waals surface area contributed by atoms with Gasteiger partial charge in [-0.2, -0.15) is 0 Å². The summed E-state index contributed by atoms with van der Waals surface area (Å²) in [6.45, 7) is 6.44. The predicted molar refractivity (Wildman–Crippen MR) is 72.2 cm³/mol. The van der Waals surface area contributed by atoms with Crippen LogP contribution >= 0.6 is 0 Å². The van der Waals surface area contributed by atoms with Crippen LogP contribution in [-0.2, 0) is 0 Å². The van der Waals surface area contributed by atoms with Crippen LogP contribution in [0.2, 0.25) is 0 Å². The van der Waals surface area contributed by atoms with Crippen LogP contribution in [0.4, 0.5) is 0 Å². The van der Waals surface area contributed by atoms with Gasteiger partial charge in [0.05, 0.1) is 18.1 Å². The SMILES string of the molecule is CC(C)n1cncc1C1C(CN)CCN1C1CC1. The van der Waals surface area contributed by atoms with Crippen molar-refractivity contribution in [1.82, 2.24) is 14.5 Å². The van der Waals surface area contributed by atoms with Gasteiger partial charge in [0.1, 0.15) is 0 Å². The second-order valence-electron chi connectivity index (χ2n) is 6.02. The summed E-state index contributed by atoms with van der Waals surface area (Å²) < 4.78 is 2.31. The summed E-state index contributed by atoms with van der Waals surface area (Å²) in [6.07, 6.45) is 7.99. The molecule has 1 saturated heterocycles. The number of aromatic nitrogens is 2. The molecule has 0 bridgehead atoms. The quantitative estimate of drug-likeness (QED) is 0.886. The average molecular weight is 248 g/mol. The first-order valence-corrected chi connectivity index (χ1v) is 7.20. The Morgan fingerprint density at radius 1 is 1.39 bits per heavy atom. The van der Waals surface area contributed by atoms with Crippen LogP contribution < -0.4 is 5.73 Å². The number of likely N-dealkylation sites (tertiary alicyclic amines) is 1. The monoisotopic (exact) mass is 248 g/mol. The van der Waals surface area contributed by atoms with E-state index < -0.39 is 0 Å². The summed E-state index contributed by atoms with van der Waals surface area (Å²) in [4.78, 5) is 7.04. The van der Waals surface area contributed by atoms with E-state index in [1.165, 1.54) is 31.5 Å². The highest BCUT2D eigenvalue weighted by Gasteiger charge is 2.43. The van der Waals surface area contributed by atoms with Gasteiger partial charge in [-0.15, -0.1) is 0 Å². The fourth-order valence-corrected chi connectivity index (χ4v) is 3.33. The summed E-state index contributed by atoms with van der Waals surface area (Å²) in [7, 11) is 0. The van der Waals surface area contributed by atoms with Gasteiger partial charge in [-0.05, 0) is 52.1 Å². The minimum absolute atomic E-state index is 0.475. The molecule has 0 amide bonds. The molecule has 3 rings (SSSR count). The Hall–Kier alpha value is -0.870. The number of imidazole rings is 1. The average Bonchev–Trinajstić information content (AvgIpc) is 2.94. The Balaban J connectivity index is 1.92. The molecule has 0 aromatic carbocycles. The van der Waals surface area contributed by atoms with Gasteiger partial charge in [0.15, 0.2) is 0 Å². The third kappa shape index (κ3) is 1.97. The summed E-state index contributed by atoms with van der Waals surface area (Å²) >= 11 is 0. The van der Waals surface area contributed by atoms with Crippen molar-refractivity contribution in [3.63, 3.8) is 0 Å². The van der Waals surface area contributed by atoms with Crippen molar-refractivity contribution in [3.8, 4) is 0 Å². The lowest BCUT2D eigenvalue weighted by molar-refractivity contribution is 0.209. The van der Waals surface area contributed by atoms with Crippen molar-refractivity contribution in [2.45, 2.75) is 51.2 Å². The number of hydrogen-bond acceptors (Lipinski definition) is 3. The topological polar surface area (TPSA) is 47.1 Å². The molecule has 1 aliphatic carbocycles. The van der Waals surface area contributed by atoms with Crippen molar-refractivity contribution < 1.29 is 0 Å². The van der Waals surface area contributed by atoms with Crippen molar-refractivity contribution in [2.24, 2.45) is 11.7 Å². The molecular weight excluding hydrogens is 224 g/mol. The summed E-state index contributed by atoms with van der Waals surface area (Å²) in [5.41, 5.74) is 7.35. The fraction of sp³-hybridized carbons (Fsp3) is 0.786.